The quantitative estimate of drug-likeness (QED) is 0.420. The summed E-state index contributed by atoms with van der Waals surface area (Å²) in [7, 11) is 0. The molecule has 0 radical (unpaired) electrons. The van der Waals surface area contributed by atoms with Crippen molar-refractivity contribution in [2.75, 3.05) is 5.32 Å². The summed E-state index contributed by atoms with van der Waals surface area (Å²) in [6, 6.07) is 19.2. The molecule has 134 valence electrons. The van der Waals surface area contributed by atoms with Crippen LogP contribution in [0.4, 0.5) is 15.8 Å². The smallest absolute Gasteiger partial charge is 0.213 e. The Hall–Kier alpha value is -4.11. The zero-order valence-corrected chi connectivity index (χ0v) is 14.6. The van der Waals surface area contributed by atoms with E-state index in [4.69, 9.17) is 0 Å². The summed E-state index contributed by atoms with van der Waals surface area (Å²) < 4.78 is 13.6. The number of pyridine rings is 2. The Bertz CT molecular complexity index is 1220. The van der Waals surface area contributed by atoms with Gasteiger partial charge in [0.05, 0.1) is 23.0 Å². The number of ketones is 1. The molecule has 6 heteroatoms. The predicted octanol–water partition coefficient (Wildman–Crippen LogP) is 4.62. The molecule has 2 aromatic carbocycles. The number of rotatable bonds is 4. The van der Waals surface area contributed by atoms with Gasteiger partial charge in [-0.2, -0.15) is 9.65 Å². The molecule has 0 fully saturated rings. The minimum Gasteiger partial charge on any atom is -0.354 e. The molecule has 0 spiro atoms. The fourth-order valence-electron chi connectivity index (χ4n) is 2.89. The molecular formula is C22H13FN4O. The molecule has 0 saturated heterocycles. The van der Waals surface area contributed by atoms with E-state index < -0.39 is 5.95 Å². The van der Waals surface area contributed by atoms with Gasteiger partial charge in [-0.3, -0.25) is 9.78 Å². The highest BCUT2D eigenvalue weighted by Gasteiger charge is 2.12. The number of benzene rings is 2. The van der Waals surface area contributed by atoms with Crippen LogP contribution in [0.1, 0.15) is 21.5 Å². The second kappa shape index (κ2) is 7.25. The van der Waals surface area contributed by atoms with Crippen molar-refractivity contribution in [2.24, 2.45) is 0 Å². The van der Waals surface area contributed by atoms with Crippen molar-refractivity contribution in [1.29, 1.82) is 5.26 Å². The van der Waals surface area contributed by atoms with E-state index in [0.29, 0.717) is 33.4 Å². The second-order valence-corrected chi connectivity index (χ2v) is 6.08. The molecule has 0 unspecified atom stereocenters. The third-order valence-corrected chi connectivity index (χ3v) is 4.29. The molecule has 5 nitrogen and oxygen atoms in total. The van der Waals surface area contributed by atoms with Crippen LogP contribution in [0.15, 0.2) is 73.1 Å². The molecule has 2 heterocycles. The SMILES string of the molecule is N#Cc1cnc2cnc(F)cc2c1Nc1ccc(C(=O)c2ccccc2)cc1. The van der Waals surface area contributed by atoms with Crippen LogP contribution in [-0.2, 0) is 0 Å². The van der Waals surface area contributed by atoms with E-state index in [1.807, 2.05) is 18.2 Å². The number of anilines is 2. The Kier molecular flexibility index (Phi) is 4.48. The number of halogens is 1. The number of fused-ring (bicyclic) bond motifs is 1. The number of carbonyl (C=O) groups excluding carboxylic acids is 1. The van der Waals surface area contributed by atoms with Gasteiger partial charge in [0, 0.05) is 34.5 Å². The normalized spacial score (nSPS) is 10.4. The summed E-state index contributed by atoms with van der Waals surface area (Å²) in [4.78, 5) is 20.2. The van der Waals surface area contributed by atoms with Crippen LogP contribution in [0.5, 0.6) is 0 Å². The maximum atomic E-state index is 13.6. The molecule has 0 amide bonds. The van der Waals surface area contributed by atoms with Gasteiger partial charge in [0.1, 0.15) is 6.07 Å². The molecule has 0 bridgehead atoms. The Morgan fingerprint density at radius 2 is 1.68 bits per heavy atom. The van der Waals surface area contributed by atoms with Gasteiger partial charge >= 0.3 is 0 Å². The maximum Gasteiger partial charge on any atom is 0.213 e. The third kappa shape index (κ3) is 3.29. The van der Waals surface area contributed by atoms with Crippen molar-refractivity contribution >= 4 is 28.1 Å². The fourth-order valence-corrected chi connectivity index (χ4v) is 2.89. The van der Waals surface area contributed by atoms with Crippen LogP contribution in [0.3, 0.4) is 0 Å². The molecule has 1 N–H and O–H groups in total. The van der Waals surface area contributed by atoms with Crippen molar-refractivity contribution in [3.63, 3.8) is 0 Å². The Morgan fingerprint density at radius 3 is 2.39 bits per heavy atom. The Balaban J connectivity index is 1.68. The molecule has 0 aliphatic rings. The van der Waals surface area contributed by atoms with Gasteiger partial charge in [-0.1, -0.05) is 30.3 Å². The number of nitrogens with one attached hydrogen (secondary N) is 1. The lowest BCUT2D eigenvalue weighted by Gasteiger charge is -2.12. The lowest BCUT2D eigenvalue weighted by atomic mass is 10.0. The number of carbonyl (C=O) groups is 1. The van der Waals surface area contributed by atoms with E-state index in [2.05, 4.69) is 21.4 Å². The monoisotopic (exact) mass is 368 g/mol. The van der Waals surface area contributed by atoms with Gasteiger partial charge in [0.25, 0.3) is 0 Å². The van der Waals surface area contributed by atoms with Crippen molar-refractivity contribution in [1.82, 2.24) is 9.97 Å². The average Bonchev–Trinajstić information content (AvgIpc) is 2.75. The summed E-state index contributed by atoms with van der Waals surface area (Å²) in [5.41, 5.74) is 3.01. The van der Waals surface area contributed by atoms with Crippen LogP contribution in [0, 0.1) is 17.3 Å². The van der Waals surface area contributed by atoms with E-state index in [1.165, 1.54) is 18.5 Å². The van der Waals surface area contributed by atoms with Crippen LogP contribution in [0.2, 0.25) is 0 Å². The first kappa shape index (κ1) is 17.3. The number of hydrogen-bond donors (Lipinski definition) is 1. The second-order valence-electron chi connectivity index (χ2n) is 6.08. The molecule has 4 aromatic rings. The zero-order chi connectivity index (χ0) is 19.5. The molecule has 0 saturated carbocycles. The van der Waals surface area contributed by atoms with Gasteiger partial charge in [-0.05, 0) is 24.3 Å². The molecule has 28 heavy (non-hydrogen) atoms. The fraction of sp³-hybridized carbons (Fsp3) is 0. The highest BCUT2D eigenvalue weighted by Crippen LogP contribution is 2.29. The summed E-state index contributed by atoms with van der Waals surface area (Å²) in [6.07, 6.45) is 2.73. The summed E-state index contributed by atoms with van der Waals surface area (Å²) in [5.74, 6) is -0.733. The average molecular weight is 368 g/mol. The standard InChI is InChI=1S/C22H13FN4O/c23-20-10-18-19(13-26-20)25-12-16(11-24)21(18)27-17-8-6-15(7-9-17)22(28)14-4-2-1-3-5-14/h1-10,12-13H,(H,25,27). The van der Waals surface area contributed by atoms with E-state index >= 15 is 0 Å². The lowest BCUT2D eigenvalue weighted by Crippen LogP contribution is -2.02. The Morgan fingerprint density at radius 1 is 0.964 bits per heavy atom. The largest absolute Gasteiger partial charge is 0.354 e. The van der Waals surface area contributed by atoms with Gasteiger partial charge < -0.3 is 5.32 Å². The van der Waals surface area contributed by atoms with Crippen molar-refractivity contribution in [2.45, 2.75) is 0 Å². The van der Waals surface area contributed by atoms with Crippen molar-refractivity contribution in [3.05, 3.63) is 95.7 Å². The minimum atomic E-state index is -0.656. The number of aromatic nitrogens is 2. The lowest BCUT2D eigenvalue weighted by molar-refractivity contribution is 0.103. The van der Waals surface area contributed by atoms with Gasteiger partial charge in [-0.25, -0.2) is 4.98 Å². The van der Waals surface area contributed by atoms with Gasteiger partial charge in [-0.15, -0.1) is 0 Å². The third-order valence-electron chi connectivity index (χ3n) is 4.29. The van der Waals surface area contributed by atoms with Crippen LogP contribution in [-0.4, -0.2) is 15.8 Å². The van der Waals surface area contributed by atoms with Gasteiger partial charge in [0.15, 0.2) is 5.78 Å². The summed E-state index contributed by atoms with van der Waals surface area (Å²) in [5, 5.41) is 13.0. The van der Waals surface area contributed by atoms with E-state index in [9.17, 15) is 14.4 Å². The predicted molar refractivity (Wildman–Crippen MR) is 104 cm³/mol. The number of nitriles is 1. The van der Waals surface area contributed by atoms with Crippen LogP contribution >= 0.6 is 0 Å². The van der Waals surface area contributed by atoms with Gasteiger partial charge in [0.2, 0.25) is 5.95 Å². The maximum absolute atomic E-state index is 13.6. The first-order valence-electron chi connectivity index (χ1n) is 8.47. The first-order chi connectivity index (χ1) is 13.7. The molecule has 4 rings (SSSR count). The highest BCUT2D eigenvalue weighted by molar-refractivity contribution is 6.09. The topological polar surface area (TPSA) is 78.7 Å². The number of nitrogens with zero attached hydrogens (tertiary/aromatic N) is 3. The van der Waals surface area contributed by atoms with Crippen LogP contribution < -0.4 is 5.32 Å². The minimum absolute atomic E-state index is 0.0765. The summed E-state index contributed by atoms with van der Waals surface area (Å²) in [6.45, 7) is 0. The van der Waals surface area contributed by atoms with E-state index in [1.54, 1.807) is 36.4 Å². The van der Waals surface area contributed by atoms with Crippen molar-refractivity contribution < 1.29 is 9.18 Å². The van der Waals surface area contributed by atoms with E-state index in [0.717, 1.165) is 0 Å². The molecule has 0 aliphatic carbocycles. The first-order valence-corrected chi connectivity index (χ1v) is 8.47. The molecule has 0 atom stereocenters. The Labute approximate surface area is 160 Å². The van der Waals surface area contributed by atoms with Crippen LogP contribution in [0.25, 0.3) is 10.9 Å². The number of hydrogen-bond acceptors (Lipinski definition) is 5. The summed E-state index contributed by atoms with van der Waals surface area (Å²) >= 11 is 0. The molecule has 2 aromatic heterocycles. The van der Waals surface area contributed by atoms with E-state index in [-0.39, 0.29) is 11.3 Å². The zero-order valence-electron chi connectivity index (χ0n) is 14.6. The molecule has 0 aliphatic heterocycles. The molecular weight excluding hydrogens is 355 g/mol. The van der Waals surface area contributed by atoms with Crippen molar-refractivity contribution in [3.8, 4) is 6.07 Å². The highest BCUT2D eigenvalue weighted by atomic mass is 19.1.